The van der Waals surface area contributed by atoms with E-state index < -0.39 is 0 Å². The highest BCUT2D eigenvalue weighted by molar-refractivity contribution is 5.78. The summed E-state index contributed by atoms with van der Waals surface area (Å²) in [6, 6.07) is 10.0. The summed E-state index contributed by atoms with van der Waals surface area (Å²) in [6.07, 6.45) is 7.35. The van der Waals surface area contributed by atoms with E-state index in [1.807, 2.05) is 36.4 Å². The fourth-order valence-electron chi connectivity index (χ4n) is 1.72. The normalized spacial score (nSPS) is 10.1. The molecule has 2 heteroatoms. The first-order chi connectivity index (χ1) is 9.83. The van der Waals surface area contributed by atoms with E-state index in [0.29, 0.717) is 31.7 Å². The van der Waals surface area contributed by atoms with Crippen LogP contribution in [0.2, 0.25) is 0 Å². The van der Waals surface area contributed by atoms with Gasteiger partial charge >= 0.3 is 0 Å². The van der Waals surface area contributed by atoms with Crippen LogP contribution >= 0.6 is 0 Å². The SMILES string of the molecule is CC#CCCC(=O)CCC/C=C\OCc1ccccc1. The Kier molecular flexibility index (Phi) is 8.72. The number of allylic oxidation sites excluding steroid dienone is 1. The Morgan fingerprint density at radius 2 is 2.05 bits per heavy atom. The van der Waals surface area contributed by atoms with E-state index in [-0.39, 0.29) is 0 Å². The van der Waals surface area contributed by atoms with Crippen LogP contribution in [0.1, 0.15) is 44.6 Å². The van der Waals surface area contributed by atoms with Crippen molar-refractivity contribution < 1.29 is 9.53 Å². The molecule has 0 radical (unpaired) electrons. The minimum Gasteiger partial charge on any atom is -0.497 e. The average molecular weight is 270 g/mol. The molecule has 1 aromatic carbocycles. The van der Waals surface area contributed by atoms with Gasteiger partial charge in [0.25, 0.3) is 0 Å². The lowest BCUT2D eigenvalue weighted by Crippen LogP contribution is -1.96. The van der Waals surface area contributed by atoms with Crippen molar-refractivity contribution in [3.05, 3.63) is 48.2 Å². The Bertz CT molecular complexity index is 463. The van der Waals surface area contributed by atoms with Crippen LogP contribution in [0.15, 0.2) is 42.7 Å². The molecular formula is C18H22O2. The van der Waals surface area contributed by atoms with Crippen LogP contribution in [0.3, 0.4) is 0 Å². The number of unbranched alkanes of at least 4 members (excludes halogenated alkanes) is 1. The topological polar surface area (TPSA) is 26.3 Å². The molecule has 0 fully saturated rings. The van der Waals surface area contributed by atoms with E-state index in [1.54, 1.807) is 13.2 Å². The summed E-state index contributed by atoms with van der Waals surface area (Å²) < 4.78 is 5.42. The average Bonchev–Trinajstić information content (AvgIpc) is 2.47. The van der Waals surface area contributed by atoms with Crippen LogP contribution in [0.5, 0.6) is 0 Å². The van der Waals surface area contributed by atoms with Crippen LogP contribution in [0.25, 0.3) is 0 Å². The summed E-state index contributed by atoms with van der Waals surface area (Å²) in [4.78, 5) is 11.5. The summed E-state index contributed by atoms with van der Waals surface area (Å²) in [6.45, 7) is 2.39. The monoisotopic (exact) mass is 270 g/mol. The van der Waals surface area contributed by atoms with Crippen LogP contribution in [-0.2, 0) is 16.1 Å². The smallest absolute Gasteiger partial charge is 0.133 e. The molecule has 0 aliphatic carbocycles. The molecule has 0 unspecified atom stereocenters. The molecule has 20 heavy (non-hydrogen) atoms. The van der Waals surface area contributed by atoms with Crippen LogP contribution in [0, 0.1) is 11.8 Å². The molecule has 0 atom stereocenters. The molecule has 0 heterocycles. The highest BCUT2D eigenvalue weighted by atomic mass is 16.5. The Balaban J connectivity index is 2.01. The summed E-state index contributed by atoms with van der Waals surface area (Å²) >= 11 is 0. The van der Waals surface area contributed by atoms with Gasteiger partial charge in [0.15, 0.2) is 0 Å². The van der Waals surface area contributed by atoms with Crippen LogP contribution < -0.4 is 0 Å². The van der Waals surface area contributed by atoms with Crippen molar-refractivity contribution in [2.45, 2.75) is 45.6 Å². The number of rotatable bonds is 9. The van der Waals surface area contributed by atoms with Gasteiger partial charge in [-0.15, -0.1) is 11.8 Å². The molecule has 0 spiro atoms. The third-order valence-electron chi connectivity index (χ3n) is 2.82. The van der Waals surface area contributed by atoms with Crippen molar-refractivity contribution in [1.29, 1.82) is 0 Å². The number of Topliss-reactive ketones (excluding diaryl/α,β-unsaturated/α-hetero) is 1. The van der Waals surface area contributed by atoms with Gasteiger partial charge in [-0.3, -0.25) is 4.79 Å². The molecule has 0 aliphatic heterocycles. The Labute approximate surface area is 121 Å². The van der Waals surface area contributed by atoms with E-state index in [4.69, 9.17) is 4.74 Å². The van der Waals surface area contributed by atoms with E-state index in [2.05, 4.69) is 11.8 Å². The van der Waals surface area contributed by atoms with E-state index in [1.165, 1.54) is 0 Å². The maximum Gasteiger partial charge on any atom is 0.133 e. The number of hydrogen-bond acceptors (Lipinski definition) is 2. The summed E-state index contributed by atoms with van der Waals surface area (Å²) in [7, 11) is 0. The van der Waals surface area contributed by atoms with Gasteiger partial charge in [-0.05, 0) is 31.4 Å². The highest BCUT2D eigenvalue weighted by Gasteiger charge is 1.99. The van der Waals surface area contributed by atoms with Crippen LogP contribution in [-0.4, -0.2) is 5.78 Å². The van der Waals surface area contributed by atoms with Gasteiger partial charge in [0.05, 0.1) is 6.26 Å². The molecule has 0 aromatic heterocycles. The third-order valence-corrected chi connectivity index (χ3v) is 2.82. The van der Waals surface area contributed by atoms with Crippen LogP contribution in [0.4, 0.5) is 0 Å². The maximum atomic E-state index is 11.5. The number of carbonyl (C=O) groups is 1. The molecule has 106 valence electrons. The summed E-state index contributed by atoms with van der Waals surface area (Å²) in [5, 5.41) is 0. The van der Waals surface area contributed by atoms with Crippen molar-refractivity contribution >= 4 is 5.78 Å². The largest absolute Gasteiger partial charge is 0.497 e. The van der Waals surface area contributed by atoms with Crippen molar-refractivity contribution in [3.63, 3.8) is 0 Å². The minimum absolute atomic E-state index is 0.298. The second-order valence-electron chi connectivity index (χ2n) is 4.53. The van der Waals surface area contributed by atoms with Crippen molar-refractivity contribution in [2.24, 2.45) is 0 Å². The molecule has 0 saturated carbocycles. The zero-order valence-electron chi connectivity index (χ0n) is 12.1. The van der Waals surface area contributed by atoms with E-state index >= 15 is 0 Å². The zero-order valence-corrected chi connectivity index (χ0v) is 12.1. The highest BCUT2D eigenvalue weighted by Crippen LogP contribution is 2.04. The quantitative estimate of drug-likeness (QED) is 0.381. The standard InChI is InChI=1S/C18H22O2/c1-2-3-6-13-18(19)14-9-5-10-15-20-16-17-11-7-4-8-12-17/h4,7-8,10-12,15H,5-6,9,13-14,16H2,1H3/b15-10-. The lowest BCUT2D eigenvalue weighted by Gasteiger charge is -2.00. The second-order valence-corrected chi connectivity index (χ2v) is 4.53. The van der Waals surface area contributed by atoms with Gasteiger partial charge in [-0.2, -0.15) is 0 Å². The fourth-order valence-corrected chi connectivity index (χ4v) is 1.72. The molecular weight excluding hydrogens is 248 g/mol. The Hall–Kier alpha value is -2.01. The molecule has 2 nitrogen and oxygen atoms in total. The number of ketones is 1. The third kappa shape index (κ3) is 8.16. The fraction of sp³-hybridized carbons (Fsp3) is 0.389. The molecule has 0 aliphatic rings. The molecule has 0 N–H and O–H groups in total. The minimum atomic E-state index is 0.298. The first-order valence-corrected chi connectivity index (χ1v) is 7.04. The van der Waals surface area contributed by atoms with Crippen molar-refractivity contribution in [2.75, 3.05) is 0 Å². The molecule has 1 aromatic rings. The second kappa shape index (κ2) is 10.9. The number of hydrogen-bond donors (Lipinski definition) is 0. The lowest BCUT2D eigenvalue weighted by atomic mass is 10.1. The van der Waals surface area contributed by atoms with Gasteiger partial charge in [0.1, 0.15) is 12.4 Å². The number of benzene rings is 1. The Morgan fingerprint density at radius 3 is 2.80 bits per heavy atom. The van der Waals surface area contributed by atoms with Gasteiger partial charge in [-0.25, -0.2) is 0 Å². The molecule has 0 bridgehead atoms. The van der Waals surface area contributed by atoms with E-state index in [0.717, 1.165) is 18.4 Å². The predicted octanol–water partition coefficient (Wildman–Crippen LogP) is 4.26. The summed E-state index contributed by atoms with van der Waals surface area (Å²) in [5.74, 6) is 6.00. The number of ether oxygens (including phenoxy) is 1. The van der Waals surface area contributed by atoms with Crippen molar-refractivity contribution in [1.82, 2.24) is 0 Å². The van der Waals surface area contributed by atoms with Gasteiger partial charge in [0.2, 0.25) is 0 Å². The molecule has 1 rings (SSSR count). The van der Waals surface area contributed by atoms with Crippen molar-refractivity contribution in [3.8, 4) is 11.8 Å². The first kappa shape index (κ1) is 16.0. The molecule has 0 amide bonds. The first-order valence-electron chi connectivity index (χ1n) is 7.04. The van der Waals surface area contributed by atoms with E-state index in [9.17, 15) is 4.79 Å². The van der Waals surface area contributed by atoms with Gasteiger partial charge in [-0.1, -0.05) is 30.3 Å². The lowest BCUT2D eigenvalue weighted by molar-refractivity contribution is -0.119. The Morgan fingerprint density at radius 1 is 1.25 bits per heavy atom. The predicted molar refractivity (Wildman–Crippen MR) is 81.9 cm³/mol. The zero-order chi connectivity index (χ0) is 14.5. The maximum absolute atomic E-state index is 11.5. The van der Waals surface area contributed by atoms with Gasteiger partial charge in [0, 0.05) is 19.3 Å². The number of carbonyl (C=O) groups excluding carboxylic acids is 1. The van der Waals surface area contributed by atoms with Gasteiger partial charge < -0.3 is 4.74 Å². The molecule has 0 saturated heterocycles. The summed E-state index contributed by atoms with van der Waals surface area (Å²) in [5.41, 5.74) is 1.16.